The lowest BCUT2D eigenvalue weighted by atomic mass is 9.75. The van der Waals surface area contributed by atoms with Crippen molar-refractivity contribution in [3.05, 3.63) is 75.8 Å². The molecule has 2 aromatic carbocycles. The van der Waals surface area contributed by atoms with E-state index in [9.17, 15) is 5.11 Å². The van der Waals surface area contributed by atoms with Crippen LogP contribution >= 0.6 is 11.6 Å². The lowest BCUT2D eigenvalue weighted by molar-refractivity contribution is 0.0105. The van der Waals surface area contributed by atoms with E-state index in [0.717, 1.165) is 23.2 Å². The summed E-state index contributed by atoms with van der Waals surface area (Å²) in [5.74, 6) is 0.0199. The Morgan fingerprint density at radius 2 is 1.50 bits per heavy atom. The third-order valence-corrected chi connectivity index (χ3v) is 5.65. The molecular weight excluding hydrogens is 366 g/mol. The first kappa shape index (κ1) is 22.7. The molecule has 152 valence electrons. The number of aliphatic hydroxyl groups is 1. The minimum Gasteiger partial charge on any atom is -0.380 e. The van der Waals surface area contributed by atoms with Crippen LogP contribution in [-0.4, -0.2) is 30.6 Å². The van der Waals surface area contributed by atoms with Crippen molar-refractivity contribution in [2.75, 3.05) is 20.6 Å². The zero-order chi connectivity index (χ0) is 21.1. The van der Waals surface area contributed by atoms with Gasteiger partial charge in [-0.3, -0.25) is 0 Å². The van der Waals surface area contributed by atoms with Crippen LogP contribution in [0.3, 0.4) is 0 Å². The molecule has 2 nitrogen and oxygen atoms in total. The average molecular weight is 400 g/mol. The number of hydrogen-bond donors (Lipinski definition) is 1. The summed E-state index contributed by atoms with van der Waals surface area (Å²) in [5, 5.41) is 12.7. The summed E-state index contributed by atoms with van der Waals surface area (Å²) in [6, 6.07) is 16.1. The fraction of sp³-hybridized carbons (Fsp3) is 0.440. The molecule has 0 spiro atoms. The van der Waals surface area contributed by atoms with Crippen molar-refractivity contribution >= 4 is 17.7 Å². The van der Waals surface area contributed by atoms with Gasteiger partial charge in [0, 0.05) is 17.5 Å². The molecule has 0 aliphatic heterocycles. The van der Waals surface area contributed by atoms with Crippen LogP contribution in [0.1, 0.15) is 51.3 Å². The van der Waals surface area contributed by atoms with Crippen LogP contribution < -0.4 is 0 Å². The second-order valence-corrected chi connectivity index (χ2v) is 9.57. The summed E-state index contributed by atoms with van der Waals surface area (Å²) >= 11 is 6.02. The number of rotatable bonds is 6. The molecule has 0 fully saturated rings. The van der Waals surface area contributed by atoms with Gasteiger partial charge < -0.3 is 10.0 Å². The van der Waals surface area contributed by atoms with Crippen molar-refractivity contribution in [2.45, 2.75) is 45.6 Å². The van der Waals surface area contributed by atoms with Gasteiger partial charge in [0.25, 0.3) is 0 Å². The normalized spacial score (nSPS) is 16.1. The first-order chi connectivity index (χ1) is 12.9. The molecule has 2 atom stereocenters. The third-order valence-electron chi connectivity index (χ3n) is 5.40. The second-order valence-electron chi connectivity index (χ2n) is 9.14. The average Bonchev–Trinajstić information content (AvgIpc) is 2.61. The van der Waals surface area contributed by atoms with Gasteiger partial charge in [0.2, 0.25) is 0 Å². The highest BCUT2D eigenvalue weighted by Crippen LogP contribution is 2.39. The third kappa shape index (κ3) is 5.26. The highest BCUT2D eigenvalue weighted by atomic mass is 35.5. The van der Waals surface area contributed by atoms with Crippen molar-refractivity contribution in [1.29, 1.82) is 0 Å². The summed E-state index contributed by atoms with van der Waals surface area (Å²) in [6.07, 6.45) is 2.06. The molecule has 2 aromatic rings. The van der Waals surface area contributed by atoms with E-state index in [4.69, 9.17) is 11.6 Å². The van der Waals surface area contributed by atoms with Crippen LogP contribution in [0.5, 0.6) is 0 Å². The van der Waals surface area contributed by atoms with Gasteiger partial charge in [-0.25, -0.2) is 0 Å². The summed E-state index contributed by atoms with van der Waals surface area (Å²) in [6.45, 7) is 11.5. The standard InChI is InChI=1S/C25H34ClNO/c1-18(16-20-8-14-23(26)15-9-20)25(28,19(2)17-27(6)7)22-12-10-21(11-13-22)24(3,4)5/h8-16,19,28H,17H2,1-7H3. The van der Waals surface area contributed by atoms with Crippen molar-refractivity contribution in [1.82, 2.24) is 4.90 Å². The Balaban J connectivity index is 2.52. The molecule has 3 heteroatoms. The van der Waals surface area contributed by atoms with E-state index in [2.05, 4.69) is 62.9 Å². The van der Waals surface area contributed by atoms with E-state index in [1.165, 1.54) is 5.56 Å². The SMILES string of the molecule is CC(=Cc1ccc(Cl)cc1)C(O)(c1ccc(C(C)(C)C)cc1)C(C)CN(C)C. The Kier molecular flexibility index (Phi) is 7.14. The summed E-state index contributed by atoms with van der Waals surface area (Å²) in [5.41, 5.74) is 3.17. The van der Waals surface area contributed by atoms with Gasteiger partial charge in [0.1, 0.15) is 5.60 Å². The maximum atomic E-state index is 12.0. The van der Waals surface area contributed by atoms with Gasteiger partial charge in [-0.15, -0.1) is 0 Å². The Morgan fingerprint density at radius 1 is 1.00 bits per heavy atom. The fourth-order valence-electron chi connectivity index (χ4n) is 3.72. The molecule has 0 radical (unpaired) electrons. The van der Waals surface area contributed by atoms with E-state index in [1.807, 2.05) is 45.3 Å². The highest BCUT2D eigenvalue weighted by molar-refractivity contribution is 6.30. The van der Waals surface area contributed by atoms with Crippen LogP contribution in [0.15, 0.2) is 54.1 Å². The van der Waals surface area contributed by atoms with Crippen LogP contribution in [0, 0.1) is 5.92 Å². The number of halogens is 1. The van der Waals surface area contributed by atoms with Crippen molar-refractivity contribution < 1.29 is 5.11 Å². The van der Waals surface area contributed by atoms with Crippen LogP contribution in [0.25, 0.3) is 6.08 Å². The zero-order valence-electron chi connectivity index (χ0n) is 18.3. The predicted molar refractivity (Wildman–Crippen MR) is 122 cm³/mol. The fourth-order valence-corrected chi connectivity index (χ4v) is 3.85. The molecule has 0 aromatic heterocycles. The van der Waals surface area contributed by atoms with Crippen LogP contribution in [0.2, 0.25) is 5.02 Å². The first-order valence-electron chi connectivity index (χ1n) is 9.87. The van der Waals surface area contributed by atoms with Crippen molar-refractivity contribution in [2.24, 2.45) is 5.92 Å². The Morgan fingerprint density at radius 3 is 1.96 bits per heavy atom. The summed E-state index contributed by atoms with van der Waals surface area (Å²) < 4.78 is 0. The second kappa shape index (κ2) is 8.82. The molecule has 0 aliphatic carbocycles. The lowest BCUT2D eigenvalue weighted by Gasteiger charge is -2.38. The number of hydrogen-bond acceptors (Lipinski definition) is 2. The Labute approximate surface area is 175 Å². The van der Waals surface area contributed by atoms with Gasteiger partial charge >= 0.3 is 0 Å². The maximum absolute atomic E-state index is 12.0. The first-order valence-corrected chi connectivity index (χ1v) is 10.2. The molecule has 0 saturated carbocycles. The largest absolute Gasteiger partial charge is 0.380 e. The van der Waals surface area contributed by atoms with Gasteiger partial charge in [-0.05, 0) is 60.8 Å². The Bertz CT molecular complexity index is 800. The van der Waals surface area contributed by atoms with E-state index in [-0.39, 0.29) is 11.3 Å². The van der Waals surface area contributed by atoms with E-state index in [0.29, 0.717) is 5.02 Å². The van der Waals surface area contributed by atoms with Crippen LogP contribution in [-0.2, 0) is 11.0 Å². The number of benzene rings is 2. The quantitative estimate of drug-likeness (QED) is 0.631. The minimum absolute atomic E-state index is 0.0199. The van der Waals surface area contributed by atoms with Gasteiger partial charge in [0.05, 0.1) is 0 Å². The zero-order valence-corrected chi connectivity index (χ0v) is 19.0. The maximum Gasteiger partial charge on any atom is 0.114 e. The van der Waals surface area contributed by atoms with E-state index in [1.54, 1.807) is 0 Å². The molecule has 0 heterocycles. The molecule has 2 rings (SSSR count). The van der Waals surface area contributed by atoms with Gasteiger partial charge in [-0.2, -0.15) is 0 Å². The molecule has 0 bridgehead atoms. The molecule has 2 unspecified atom stereocenters. The molecule has 0 aliphatic rings. The van der Waals surface area contributed by atoms with Gasteiger partial charge in [0.15, 0.2) is 0 Å². The van der Waals surface area contributed by atoms with Gasteiger partial charge in [-0.1, -0.05) is 81.8 Å². The molecule has 0 amide bonds. The summed E-state index contributed by atoms with van der Waals surface area (Å²) in [7, 11) is 4.08. The monoisotopic (exact) mass is 399 g/mol. The lowest BCUT2D eigenvalue weighted by Crippen LogP contribution is -2.40. The summed E-state index contributed by atoms with van der Waals surface area (Å²) in [4.78, 5) is 2.12. The van der Waals surface area contributed by atoms with E-state index < -0.39 is 5.60 Å². The number of nitrogens with zero attached hydrogens (tertiary/aromatic N) is 1. The highest BCUT2D eigenvalue weighted by Gasteiger charge is 2.37. The van der Waals surface area contributed by atoms with Crippen molar-refractivity contribution in [3.63, 3.8) is 0 Å². The smallest absolute Gasteiger partial charge is 0.114 e. The van der Waals surface area contributed by atoms with Crippen LogP contribution in [0.4, 0.5) is 0 Å². The predicted octanol–water partition coefficient (Wildman–Crippen LogP) is 6.13. The molecule has 0 saturated heterocycles. The molecule has 1 N–H and O–H groups in total. The van der Waals surface area contributed by atoms with Crippen molar-refractivity contribution in [3.8, 4) is 0 Å². The Hall–Kier alpha value is -1.61. The topological polar surface area (TPSA) is 23.5 Å². The minimum atomic E-state index is -1.06. The molecular formula is C25H34ClNO. The van der Waals surface area contributed by atoms with E-state index >= 15 is 0 Å². The molecule has 28 heavy (non-hydrogen) atoms.